The zero-order valence-corrected chi connectivity index (χ0v) is 15.3. The summed E-state index contributed by atoms with van der Waals surface area (Å²) >= 11 is 0. The van der Waals surface area contributed by atoms with Gasteiger partial charge in [-0.2, -0.15) is 0 Å². The minimum Gasteiger partial charge on any atom is -0.353 e. The minimum atomic E-state index is -0.128. The standard InChI is InChI=1S/C22H29NO/c1-16(2)14-20-10-12-21(13-11-20)18(4)22(24)23-17(3)15-19-8-6-5-7-9-19/h5-13,16-18H,14-15H2,1-4H3,(H,23,24)/t17-,18+/m0/s1. The molecule has 1 N–H and O–H groups in total. The second kappa shape index (κ2) is 8.68. The van der Waals surface area contributed by atoms with Crippen molar-refractivity contribution in [1.29, 1.82) is 0 Å². The van der Waals surface area contributed by atoms with E-state index >= 15 is 0 Å². The number of hydrogen-bond acceptors (Lipinski definition) is 1. The molecule has 0 aromatic heterocycles. The van der Waals surface area contributed by atoms with Crippen LogP contribution in [-0.4, -0.2) is 11.9 Å². The first-order valence-corrected chi connectivity index (χ1v) is 8.89. The highest BCUT2D eigenvalue weighted by molar-refractivity contribution is 5.83. The zero-order chi connectivity index (χ0) is 17.5. The normalized spacial score (nSPS) is 13.5. The molecule has 0 bridgehead atoms. The SMILES string of the molecule is CC(C)Cc1ccc([C@@H](C)C(=O)N[C@@H](C)Cc2ccccc2)cc1. The van der Waals surface area contributed by atoms with Gasteiger partial charge in [0.2, 0.25) is 5.91 Å². The first kappa shape index (κ1) is 18.3. The molecular formula is C22H29NO. The largest absolute Gasteiger partial charge is 0.353 e. The van der Waals surface area contributed by atoms with Gasteiger partial charge in [-0.05, 0) is 49.3 Å². The molecule has 0 saturated carbocycles. The van der Waals surface area contributed by atoms with Crippen LogP contribution in [0.4, 0.5) is 0 Å². The Hall–Kier alpha value is -2.09. The number of carbonyl (C=O) groups is 1. The van der Waals surface area contributed by atoms with E-state index in [2.05, 4.69) is 62.5 Å². The lowest BCUT2D eigenvalue weighted by atomic mass is 9.96. The van der Waals surface area contributed by atoms with Gasteiger partial charge in [0.25, 0.3) is 0 Å². The van der Waals surface area contributed by atoms with E-state index in [4.69, 9.17) is 0 Å². The van der Waals surface area contributed by atoms with Crippen LogP contribution in [-0.2, 0) is 17.6 Å². The highest BCUT2D eigenvalue weighted by Gasteiger charge is 2.17. The molecule has 0 radical (unpaired) electrons. The van der Waals surface area contributed by atoms with Crippen molar-refractivity contribution in [3.63, 3.8) is 0 Å². The van der Waals surface area contributed by atoms with Gasteiger partial charge in [-0.25, -0.2) is 0 Å². The Morgan fingerprint density at radius 1 is 0.833 bits per heavy atom. The Bertz CT molecular complexity index is 631. The molecule has 2 nitrogen and oxygen atoms in total. The van der Waals surface area contributed by atoms with Crippen molar-refractivity contribution in [2.45, 2.75) is 52.5 Å². The number of nitrogens with one attached hydrogen (secondary N) is 1. The Morgan fingerprint density at radius 2 is 1.42 bits per heavy atom. The third-order valence-electron chi connectivity index (χ3n) is 4.29. The Morgan fingerprint density at radius 3 is 2.00 bits per heavy atom. The van der Waals surface area contributed by atoms with Crippen LogP contribution in [0.1, 0.15) is 50.3 Å². The van der Waals surface area contributed by atoms with E-state index in [0.29, 0.717) is 5.92 Å². The van der Waals surface area contributed by atoms with Gasteiger partial charge >= 0.3 is 0 Å². The Labute approximate surface area is 146 Å². The van der Waals surface area contributed by atoms with E-state index in [-0.39, 0.29) is 17.9 Å². The van der Waals surface area contributed by atoms with Crippen LogP contribution < -0.4 is 5.32 Å². The summed E-state index contributed by atoms with van der Waals surface area (Å²) < 4.78 is 0. The van der Waals surface area contributed by atoms with Crippen LogP contribution in [0.5, 0.6) is 0 Å². The Kier molecular flexibility index (Phi) is 6.60. The van der Waals surface area contributed by atoms with Crippen molar-refractivity contribution in [3.05, 3.63) is 71.3 Å². The molecule has 128 valence electrons. The van der Waals surface area contributed by atoms with Crippen molar-refractivity contribution in [1.82, 2.24) is 5.32 Å². The van der Waals surface area contributed by atoms with Crippen molar-refractivity contribution < 1.29 is 4.79 Å². The second-order valence-electron chi connectivity index (χ2n) is 7.16. The highest BCUT2D eigenvalue weighted by Crippen LogP contribution is 2.18. The van der Waals surface area contributed by atoms with Gasteiger partial charge in [0.15, 0.2) is 0 Å². The Balaban J connectivity index is 1.91. The van der Waals surface area contributed by atoms with Crippen LogP contribution in [0.25, 0.3) is 0 Å². The molecule has 0 spiro atoms. The fourth-order valence-corrected chi connectivity index (χ4v) is 2.95. The average molecular weight is 323 g/mol. The van der Waals surface area contributed by atoms with Gasteiger partial charge in [-0.15, -0.1) is 0 Å². The molecule has 0 heterocycles. The van der Waals surface area contributed by atoms with Crippen LogP contribution >= 0.6 is 0 Å². The van der Waals surface area contributed by atoms with E-state index in [0.717, 1.165) is 18.4 Å². The second-order valence-corrected chi connectivity index (χ2v) is 7.16. The topological polar surface area (TPSA) is 29.1 Å². The summed E-state index contributed by atoms with van der Waals surface area (Å²) in [4.78, 5) is 12.5. The van der Waals surface area contributed by atoms with Crippen molar-refractivity contribution >= 4 is 5.91 Å². The third-order valence-corrected chi connectivity index (χ3v) is 4.29. The quantitative estimate of drug-likeness (QED) is 0.783. The molecule has 1 amide bonds. The molecule has 24 heavy (non-hydrogen) atoms. The number of benzene rings is 2. The first-order valence-electron chi connectivity index (χ1n) is 8.89. The van der Waals surface area contributed by atoms with Crippen LogP contribution in [0.2, 0.25) is 0 Å². The molecule has 0 aliphatic rings. The van der Waals surface area contributed by atoms with E-state index < -0.39 is 0 Å². The van der Waals surface area contributed by atoms with Gasteiger partial charge in [-0.1, -0.05) is 68.4 Å². The summed E-state index contributed by atoms with van der Waals surface area (Å²) in [6.07, 6.45) is 1.93. The average Bonchev–Trinajstić information content (AvgIpc) is 2.55. The lowest BCUT2D eigenvalue weighted by Gasteiger charge is -2.18. The van der Waals surface area contributed by atoms with Gasteiger partial charge in [0.1, 0.15) is 0 Å². The molecule has 2 aromatic rings. The number of hydrogen-bond donors (Lipinski definition) is 1. The third kappa shape index (κ3) is 5.52. The van der Waals surface area contributed by atoms with Crippen LogP contribution in [0.3, 0.4) is 0 Å². The summed E-state index contributed by atoms with van der Waals surface area (Å²) in [5.41, 5.74) is 3.65. The lowest BCUT2D eigenvalue weighted by Crippen LogP contribution is -2.36. The molecular weight excluding hydrogens is 294 g/mol. The number of carbonyl (C=O) groups excluding carboxylic acids is 1. The summed E-state index contributed by atoms with van der Waals surface area (Å²) in [5, 5.41) is 3.13. The molecule has 0 aliphatic carbocycles. The summed E-state index contributed by atoms with van der Waals surface area (Å²) in [6.45, 7) is 8.47. The maximum absolute atomic E-state index is 12.5. The number of rotatable bonds is 7. The van der Waals surface area contributed by atoms with E-state index in [1.54, 1.807) is 0 Å². The molecule has 0 unspecified atom stereocenters. The molecule has 2 heteroatoms. The van der Waals surface area contributed by atoms with Crippen molar-refractivity contribution in [3.8, 4) is 0 Å². The summed E-state index contributed by atoms with van der Waals surface area (Å²) in [7, 11) is 0. The van der Waals surface area contributed by atoms with E-state index in [1.807, 2.05) is 25.1 Å². The molecule has 0 fully saturated rings. The van der Waals surface area contributed by atoms with Gasteiger partial charge in [0.05, 0.1) is 5.92 Å². The fraction of sp³-hybridized carbons (Fsp3) is 0.409. The van der Waals surface area contributed by atoms with E-state index in [1.165, 1.54) is 11.1 Å². The highest BCUT2D eigenvalue weighted by atomic mass is 16.1. The molecule has 2 atom stereocenters. The van der Waals surface area contributed by atoms with Crippen LogP contribution in [0.15, 0.2) is 54.6 Å². The van der Waals surface area contributed by atoms with Crippen molar-refractivity contribution in [2.24, 2.45) is 5.92 Å². The van der Waals surface area contributed by atoms with Crippen LogP contribution in [0, 0.1) is 5.92 Å². The van der Waals surface area contributed by atoms with Crippen molar-refractivity contribution in [2.75, 3.05) is 0 Å². The predicted molar refractivity (Wildman–Crippen MR) is 101 cm³/mol. The molecule has 2 aromatic carbocycles. The smallest absolute Gasteiger partial charge is 0.227 e. The summed E-state index contributed by atoms with van der Waals surface area (Å²) in [5.74, 6) is 0.613. The minimum absolute atomic E-state index is 0.0926. The van der Waals surface area contributed by atoms with Gasteiger partial charge in [-0.3, -0.25) is 4.79 Å². The molecule has 0 saturated heterocycles. The zero-order valence-electron chi connectivity index (χ0n) is 15.3. The first-order chi connectivity index (χ1) is 11.5. The lowest BCUT2D eigenvalue weighted by molar-refractivity contribution is -0.122. The van der Waals surface area contributed by atoms with E-state index in [9.17, 15) is 4.79 Å². The molecule has 2 rings (SSSR count). The van der Waals surface area contributed by atoms with Gasteiger partial charge < -0.3 is 5.32 Å². The van der Waals surface area contributed by atoms with Gasteiger partial charge in [0, 0.05) is 6.04 Å². The number of amides is 1. The maximum atomic E-state index is 12.5. The maximum Gasteiger partial charge on any atom is 0.227 e. The monoisotopic (exact) mass is 323 g/mol. The fourth-order valence-electron chi connectivity index (χ4n) is 2.95. The summed E-state index contributed by atoms with van der Waals surface area (Å²) in [6, 6.07) is 18.9. The molecule has 0 aliphatic heterocycles. The predicted octanol–water partition coefficient (Wildman–Crippen LogP) is 4.74.